The Morgan fingerprint density at radius 2 is 2.26 bits per heavy atom. The summed E-state index contributed by atoms with van der Waals surface area (Å²) < 4.78 is 4.83. The van der Waals surface area contributed by atoms with Crippen molar-refractivity contribution >= 4 is 11.8 Å². The Bertz CT molecular complexity index is 480. The van der Waals surface area contributed by atoms with Gasteiger partial charge in [-0.15, -0.1) is 6.42 Å². The van der Waals surface area contributed by atoms with Crippen molar-refractivity contribution < 1.29 is 14.6 Å². The third-order valence-electron chi connectivity index (χ3n) is 2.66. The lowest BCUT2D eigenvalue weighted by Crippen LogP contribution is -2.27. The molecular weight excluding hydrogens is 244 g/mol. The number of rotatable bonds is 5. The van der Waals surface area contributed by atoms with Gasteiger partial charge in [-0.1, -0.05) is 12.0 Å². The molecule has 5 nitrogen and oxygen atoms in total. The number of nitrogens with zero attached hydrogens (tertiary/aromatic N) is 1. The minimum Gasteiger partial charge on any atom is -0.436 e. The number of nitrogens with one attached hydrogen (secondary N) is 1. The fourth-order valence-electron chi connectivity index (χ4n) is 1.62. The van der Waals surface area contributed by atoms with E-state index in [-0.39, 0.29) is 13.2 Å². The number of terminal acetylenes is 1. The van der Waals surface area contributed by atoms with Crippen molar-refractivity contribution in [3.05, 3.63) is 29.3 Å². The number of anilines is 1. The highest BCUT2D eigenvalue weighted by molar-refractivity contribution is 5.67. The van der Waals surface area contributed by atoms with Crippen molar-refractivity contribution in [2.75, 3.05) is 26.0 Å². The van der Waals surface area contributed by atoms with Crippen LogP contribution in [0.1, 0.15) is 11.1 Å². The van der Waals surface area contributed by atoms with Crippen LogP contribution in [0.3, 0.4) is 0 Å². The summed E-state index contributed by atoms with van der Waals surface area (Å²) in [6.45, 7) is 0.216. The van der Waals surface area contributed by atoms with Gasteiger partial charge in [0.15, 0.2) is 6.61 Å². The van der Waals surface area contributed by atoms with E-state index in [0.717, 1.165) is 16.8 Å². The maximum atomic E-state index is 11.6. The maximum absolute atomic E-state index is 11.6. The molecule has 2 N–H and O–H groups in total. The van der Waals surface area contributed by atoms with Gasteiger partial charge in [-0.3, -0.25) is 0 Å². The van der Waals surface area contributed by atoms with Crippen LogP contribution in [0.2, 0.25) is 0 Å². The Labute approximate surface area is 113 Å². The van der Waals surface area contributed by atoms with Gasteiger partial charge in [0.25, 0.3) is 0 Å². The molecule has 0 aliphatic carbocycles. The van der Waals surface area contributed by atoms with Crippen LogP contribution in [0.25, 0.3) is 0 Å². The number of hydrogen-bond acceptors (Lipinski definition) is 4. The van der Waals surface area contributed by atoms with Crippen LogP contribution < -0.4 is 5.32 Å². The second-order valence-electron chi connectivity index (χ2n) is 4.01. The topological polar surface area (TPSA) is 61.8 Å². The van der Waals surface area contributed by atoms with E-state index in [2.05, 4.69) is 11.2 Å². The quantitative estimate of drug-likeness (QED) is 0.788. The first-order chi connectivity index (χ1) is 9.12. The van der Waals surface area contributed by atoms with Crippen LogP contribution in [0, 0.1) is 12.3 Å². The SMILES string of the molecule is C#CCOC(=O)N(C)Cc1cc(NC)ccc1CO. The molecule has 0 aliphatic heterocycles. The van der Waals surface area contributed by atoms with Gasteiger partial charge < -0.3 is 20.1 Å². The summed E-state index contributed by atoms with van der Waals surface area (Å²) in [6.07, 6.45) is 4.54. The average Bonchev–Trinajstić information content (AvgIpc) is 2.44. The van der Waals surface area contributed by atoms with Gasteiger partial charge in [0.1, 0.15) is 0 Å². The van der Waals surface area contributed by atoms with Crippen LogP contribution in [0.4, 0.5) is 10.5 Å². The zero-order chi connectivity index (χ0) is 14.3. The predicted molar refractivity (Wildman–Crippen MR) is 73.6 cm³/mol. The molecule has 0 aromatic heterocycles. The van der Waals surface area contributed by atoms with E-state index in [1.807, 2.05) is 25.2 Å². The molecule has 1 amide bonds. The molecule has 0 bridgehead atoms. The first-order valence-corrected chi connectivity index (χ1v) is 5.84. The van der Waals surface area contributed by atoms with Crippen LogP contribution in [0.5, 0.6) is 0 Å². The number of hydrogen-bond donors (Lipinski definition) is 2. The summed E-state index contributed by atoms with van der Waals surface area (Å²) in [5, 5.41) is 12.3. The van der Waals surface area contributed by atoms with Crippen molar-refractivity contribution in [3.8, 4) is 12.3 Å². The molecular formula is C14H18N2O3. The van der Waals surface area contributed by atoms with E-state index in [4.69, 9.17) is 11.2 Å². The third kappa shape index (κ3) is 4.19. The molecule has 0 saturated heterocycles. The lowest BCUT2D eigenvalue weighted by atomic mass is 10.1. The first kappa shape index (κ1) is 14.9. The lowest BCUT2D eigenvalue weighted by Gasteiger charge is -2.18. The minimum absolute atomic E-state index is 0.0490. The Hall–Kier alpha value is -2.19. The van der Waals surface area contributed by atoms with Gasteiger partial charge in [0.05, 0.1) is 6.61 Å². The summed E-state index contributed by atoms with van der Waals surface area (Å²) in [7, 11) is 3.43. The zero-order valence-electron chi connectivity index (χ0n) is 11.1. The molecule has 1 rings (SSSR count). The number of amides is 1. The molecule has 0 unspecified atom stereocenters. The zero-order valence-corrected chi connectivity index (χ0v) is 11.1. The maximum Gasteiger partial charge on any atom is 0.410 e. The predicted octanol–water partition coefficient (Wildman–Crippen LogP) is 1.42. The average molecular weight is 262 g/mol. The molecule has 0 fully saturated rings. The highest BCUT2D eigenvalue weighted by Gasteiger charge is 2.12. The summed E-state index contributed by atoms with van der Waals surface area (Å²) in [5.41, 5.74) is 2.54. The normalized spacial score (nSPS) is 9.58. The number of aliphatic hydroxyl groups is 1. The van der Waals surface area contributed by atoms with Crippen LogP contribution >= 0.6 is 0 Å². The molecule has 19 heavy (non-hydrogen) atoms. The Morgan fingerprint density at radius 3 is 2.84 bits per heavy atom. The fraction of sp³-hybridized carbons (Fsp3) is 0.357. The molecule has 1 aromatic carbocycles. The van der Waals surface area contributed by atoms with Crippen LogP contribution in [-0.4, -0.2) is 36.8 Å². The van der Waals surface area contributed by atoms with Crippen molar-refractivity contribution in [3.63, 3.8) is 0 Å². The Morgan fingerprint density at radius 1 is 1.53 bits per heavy atom. The van der Waals surface area contributed by atoms with Gasteiger partial charge in [-0.25, -0.2) is 4.79 Å². The van der Waals surface area contributed by atoms with Gasteiger partial charge in [0, 0.05) is 26.3 Å². The van der Waals surface area contributed by atoms with E-state index < -0.39 is 6.09 Å². The van der Waals surface area contributed by atoms with E-state index in [1.54, 1.807) is 7.05 Å². The second kappa shape index (κ2) is 7.29. The van der Waals surface area contributed by atoms with Gasteiger partial charge >= 0.3 is 6.09 Å². The number of carbonyl (C=O) groups is 1. The molecule has 0 saturated carbocycles. The Kier molecular flexibility index (Phi) is 5.71. The molecule has 0 atom stereocenters. The van der Waals surface area contributed by atoms with E-state index in [1.165, 1.54) is 4.90 Å². The molecule has 0 heterocycles. The van der Waals surface area contributed by atoms with E-state index in [9.17, 15) is 9.90 Å². The number of aliphatic hydroxyl groups excluding tert-OH is 1. The number of benzene rings is 1. The number of ether oxygens (including phenoxy) is 1. The molecule has 5 heteroatoms. The van der Waals surface area contributed by atoms with Gasteiger partial charge in [-0.05, 0) is 23.3 Å². The van der Waals surface area contributed by atoms with Crippen LogP contribution in [-0.2, 0) is 17.9 Å². The lowest BCUT2D eigenvalue weighted by molar-refractivity contribution is 0.121. The van der Waals surface area contributed by atoms with Crippen molar-refractivity contribution in [2.24, 2.45) is 0 Å². The molecule has 0 aliphatic rings. The highest BCUT2D eigenvalue weighted by atomic mass is 16.6. The van der Waals surface area contributed by atoms with Crippen molar-refractivity contribution in [2.45, 2.75) is 13.2 Å². The first-order valence-electron chi connectivity index (χ1n) is 5.84. The monoisotopic (exact) mass is 262 g/mol. The second-order valence-corrected chi connectivity index (χ2v) is 4.01. The smallest absolute Gasteiger partial charge is 0.410 e. The van der Waals surface area contributed by atoms with Crippen molar-refractivity contribution in [1.82, 2.24) is 4.90 Å². The van der Waals surface area contributed by atoms with E-state index >= 15 is 0 Å². The molecule has 0 radical (unpaired) electrons. The largest absolute Gasteiger partial charge is 0.436 e. The van der Waals surface area contributed by atoms with E-state index in [0.29, 0.717) is 6.54 Å². The van der Waals surface area contributed by atoms with Crippen molar-refractivity contribution in [1.29, 1.82) is 0 Å². The summed E-state index contributed by atoms with van der Waals surface area (Å²) in [4.78, 5) is 13.0. The molecule has 1 aromatic rings. The van der Waals surface area contributed by atoms with Gasteiger partial charge in [-0.2, -0.15) is 0 Å². The number of carbonyl (C=O) groups excluding carboxylic acids is 1. The Balaban J connectivity index is 2.80. The summed E-state index contributed by atoms with van der Waals surface area (Å²) >= 11 is 0. The third-order valence-corrected chi connectivity index (χ3v) is 2.66. The van der Waals surface area contributed by atoms with Crippen LogP contribution in [0.15, 0.2) is 18.2 Å². The molecule has 102 valence electrons. The standard InChI is InChI=1S/C14H18N2O3/c1-4-7-19-14(18)16(3)9-12-8-13(15-2)6-5-11(12)10-17/h1,5-6,8,15,17H,7,9-10H2,2-3H3. The minimum atomic E-state index is -0.489. The summed E-state index contributed by atoms with van der Waals surface area (Å²) in [5.74, 6) is 2.24. The van der Waals surface area contributed by atoms with Gasteiger partial charge in [0.2, 0.25) is 0 Å². The molecule has 0 spiro atoms. The highest BCUT2D eigenvalue weighted by Crippen LogP contribution is 2.17. The summed E-state index contributed by atoms with van der Waals surface area (Å²) in [6, 6.07) is 5.57. The fourth-order valence-corrected chi connectivity index (χ4v) is 1.62.